The Kier molecular flexibility index (Phi) is 5.16. The molecule has 0 aromatic heterocycles. The second-order valence-electron chi connectivity index (χ2n) is 5.90. The van der Waals surface area contributed by atoms with Crippen molar-refractivity contribution in [2.45, 2.75) is 25.8 Å². The van der Waals surface area contributed by atoms with E-state index in [9.17, 15) is 9.59 Å². The predicted molar refractivity (Wildman–Crippen MR) is 95.0 cm³/mol. The topological polar surface area (TPSA) is 49.4 Å². The number of hydrogen-bond acceptors (Lipinski definition) is 2. The van der Waals surface area contributed by atoms with E-state index in [2.05, 4.69) is 5.32 Å². The highest BCUT2D eigenvalue weighted by Crippen LogP contribution is 2.21. The van der Waals surface area contributed by atoms with E-state index in [1.54, 1.807) is 11.0 Å². The highest BCUT2D eigenvalue weighted by Gasteiger charge is 2.21. The Morgan fingerprint density at radius 3 is 2.58 bits per heavy atom. The molecule has 124 valence electrons. The van der Waals surface area contributed by atoms with Gasteiger partial charge in [-0.25, -0.2) is 0 Å². The van der Waals surface area contributed by atoms with Gasteiger partial charge in [0.15, 0.2) is 0 Å². The number of carbonyl (C=O) groups excluding carboxylic acids is 2. The molecular weight excluding hydrogens is 324 g/mol. The first-order valence-electron chi connectivity index (χ1n) is 8.02. The molecule has 0 aliphatic carbocycles. The molecule has 24 heavy (non-hydrogen) atoms. The fourth-order valence-electron chi connectivity index (χ4n) is 2.81. The Morgan fingerprint density at radius 1 is 1.12 bits per heavy atom. The average molecular weight is 343 g/mol. The first kappa shape index (κ1) is 16.5. The Hall–Kier alpha value is -2.33. The second-order valence-corrected chi connectivity index (χ2v) is 6.34. The maximum atomic E-state index is 12.1. The molecule has 3 rings (SSSR count). The van der Waals surface area contributed by atoms with Gasteiger partial charge in [0.05, 0.1) is 6.42 Å². The normalized spacial score (nSPS) is 14.0. The summed E-state index contributed by atoms with van der Waals surface area (Å²) < 4.78 is 0. The molecule has 0 unspecified atom stereocenters. The minimum absolute atomic E-state index is 0.0417. The number of nitrogens with one attached hydrogen (secondary N) is 1. The molecule has 5 heteroatoms. The van der Waals surface area contributed by atoms with Gasteiger partial charge >= 0.3 is 0 Å². The monoisotopic (exact) mass is 342 g/mol. The number of anilines is 1. The van der Waals surface area contributed by atoms with Crippen molar-refractivity contribution in [3.8, 4) is 0 Å². The number of rotatable bonds is 5. The van der Waals surface area contributed by atoms with Crippen molar-refractivity contribution < 1.29 is 9.59 Å². The lowest BCUT2D eigenvalue weighted by Crippen LogP contribution is -2.25. The van der Waals surface area contributed by atoms with E-state index < -0.39 is 0 Å². The van der Waals surface area contributed by atoms with E-state index in [0.29, 0.717) is 24.4 Å². The van der Waals surface area contributed by atoms with Crippen molar-refractivity contribution in [2.75, 3.05) is 11.4 Å². The van der Waals surface area contributed by atoms with Crippen molar-refractivity contribution in [1.82, 2.24) is 5.32 Å². The minimum Gasteiger partial charge on any atom is -0.352 e. The Morgan fingerprint density at radius 2 is 1.92 bits per heavy atom. The second kappa shape index (κ2) is 7.49. The summed E-state index contributed by atoms with van der Waals surface area (Å²) in [6.07, 6.45) is 1.84. The third kappa shape index (κ3) is 4.15. The third-order valence-corrected chi connectivity index (χ3v) is 4.30. The molecule has 1 heterocycles. The highest BCUT2D eigenvalue weighted by molar-refractivity contribution is 6.30. The fraction of sp³-hybridized carbons (Fsp3) is 0.263. The van der Waals surface area contributed by atoms with Crippen molar-refractivity contribution in [2.24, 2.45) is 0 Å². The summed E-state index contributed by atoms with van der Waals surface area (Å²) in [5, 5.41) is 3.55. The van der Waals surface area contributed by atoms with E-state index >= 15 is 0 Å². The lowest BCUT2D eigenvalue weighted by atomic mass is 10.1. The SMILES string of the molecule is O=C(Cc1ccc(N2CCCC2=O)cc1)NCc1cccc(Cl)c1. The molecule has 1 N–H and O–H groups in total. The summed E-state index contributed by atoms with van der Waals surface area (Å²) in [5.74, 6) is 0.127. The van der Waals surface area contributed by atoms with Gasteiger partial charge < -0.3 is 10.2 Å². The van der Waals surface area contributed by atoms with Gasteiger partial charge in [-0.1, -0.05) is 35.9 Å². The molecular formula is C19H19ClN2O2. The van der Waals surface area contributed by atoms with Gasteiger partial charge in [0.25, 0.3) is 0 Å². The fourth-order valence-corrected chi connectivity index (χ4v) is 3.02. The molecule has 0 spiro atoms. The van der Waals surface area contributed by atoms with Crippen LogP contribution in [-0.2, 0) is 22.6 Å². The summed E-state index contributed by atoms with van der Waals surface area (Å²) in [7, 11) is 0. The van der Waals surface area contributed by atoms with Gasteiger partial charge in [0.1, 0.15) is 0 Å². The van der Waals surface area contributed by atoms with E-state index in [4.69, 9.17) is 11.6 Å². The molecule has 0 saturated carbocycles. The van der Waals surface area contributed by atoms with Crippen molar-refractivity contribution in [1.29, 1.82) is 0 Å². The van der Waals surface area contributed by atoms with Gasteiger partial charge in [-0.15, -0.1) is 0 Å². The summed E-state index contributed by atoms with van der Waals surface area (Å²) in [6.45, 7) is 1.23. The van der Waals surface area contributed by atoms with Gasteiger partial charge in [-0.2, -0.15) is 0 Å². The maximum absolute atomic E-state index is 12.1. The van der Waals surface area contributed by atoms with Crippen molar-refractivity contribution in [3.05, 3.63) is 64.7 Å². The number of benzene rings is 2. The number of amides is 2. The van der Waals surface area contributed by atoms with Crippen LogP contribution in [0.5, 0.6) is 0 Å². The van der Waals surface area contributed by atoms with Gasteiger partial charge in [0, 0.05) is 30.2 Å². The first-order chi connectivity index (χ1) is 11.6. The standard InChI is InChI=1S/C19H19ClN2O2/c20-16-4-1-3-15(11-16)13-21-18(23)12-14-6-8-17(9-7-14)22-10-2-5-19(22)24/h1,3-4,6-9,11H,2,5,10,12-13H2,(H,21,23). The maximum Gasteiger partial charge on any atom is 0.227 e. The van der Waals surface area contributed by atoms with Crippen LogP contribution in [-0.4, -0.2) is 18.4 Å². The molecule has 2 aromatic rings. The molecule has 4 nitrogen and oxygen atoms in total. The van der Waals surface area contributed by atoms with Crippen LogP contribution in [0, 0.1) is 0 Å². The molecule has 0 radical (unpaired) electrons. The van der Waals surface area contributed by atoms with Crippen molar-refractivity contribution in [3.63, 3.8) is 0 Å². The van der Waals surface area contributed by atoms with Crippen LogP contribution in [0.1, 0.15) is 24.0 Å². The molecule has 0 atom stereocenters. The Bertz CT molecular complexity index is 743. The molecule has 1 fully saturated rings. The smallest absolute Gasteiger partial charge is 0.227 e. The Labute approximate surface area is 146 Å². The van der Waals surface area contributed by atoms with E-state index in [1.165, 1.54) is 0 Å². The number of halogens is 1. The zero-order valence-corrected chi connectivity index (χ0v) is 14.1. The van der Waals surface area contributed by atoms with Gasteiger partial charge in [0.2, 0.25) is 11.8 Å². The molecule has 1 aliphatic heterocycles. The van der Waals surface area contributed by atoms with Crippen LogP contribution in [0.25, 0.3) is 0 Å². The first-order valence-corrected chi connectivity index (χ1v) is 8.40. The van der Waals surface area contributed by atoms with Crippen molar-refractivity contribution >= 4 is 29.1 Å². The largest absolute Gasteiger partial charge is 0.352 e. The van der Waals surface area contributed by atoms with E-state index in [-0.39, 0.29) is 11.8 Å². The predicted octanol–water partition coefficient (Wildman–Crippen LogP) is 3.33. The summed E-state index contributed by atoms with van der Waals surface area (Å²) >= 11 is 5.93. The minimum atomic E-state index is -0.0417. The third-order valence-electron chi connectivity index (χ3n) is 4.06. The van der Waals surface area contributed by atoms with Crippen LogP contribution < -0.4 is 10.2 Å². The zero-order chi connectivity index (χ0) is 16.9. The molecule has 0 bridgehead atoms. The molecule has 1 saturated heterocycles. The van der Waals surface area contributed by atoms with Gasteiger partial charge in [-0.3, -0.25) is 9.59 Å². The number of hydrogen-bond donors (Lipinski definition) is 1. The van der Waals surface area contributed by atoms with Gasteiger partial charge in [-0.05, 0) is 41.8 Å². The quantitative estimate of drug-likeness (QED) is 0.906. The summed E-state index contributed by atoms with van der Waals surface area (Å²) in [4.78, 5) is 25.6. The van der Waals surface area contributed by atoms with E-state index in [0.717, 1.165) is 29.8 Å². The molecule has 1 aliphatic rings. The highest BCUT2D eigenvalue weighted by atomic mass is 35.5. The van der Waals surface area contributed by atoms with Crippen LogP contribution in [0.3, 0.4) is 0 Å². The van der Waals surface area contributed by atoms with Crippen LogP contribution in [0.4, 0.5) is 5.69 Å². The average Bonchev–Trinajstić information content (AvgIpc) is 3.00. The number of nitrogens with zero attached hydrogens (tertiary/aromatic N) is 1. The molecule has 2 aromatic carbocycles. The lowest BCUT2D eigenvalue weighted by Gasteiger charge is -2.15. The van der Waals surface area contributed by atoms with Crippen LogP contribution in [0.15, 0.2) is 48.5 Å². The van der Waals surface area contributed by atoms with E-state index in [1.807, 2.05) is 42.5 Å². The Balaban J connectivity index is 1.53. The number of carbonyl (C=O) groups is 2. The summed E-state index contributed by atoms with van der Waals surface area (Å²) in [5.41, 5.74) is 2.80. The van der Waals surface area contributed by atoms with Crippen LogP contribution in [0.2, 0.25) is 5.02 Å². The van der Waals surface area contributed by atoms with Crippen LogP contribution >= 0.6 is 11.6 Å². The zero-order valence-electron chi connectivity index (χ0n) is 13.3. The summed E-state index contributed by atoms with van der Waals surface area (Å²) in [6, 6.07) is 15.0. The molecule has 2 amide bonds. The lowest BCUT2D eigenvalue weighted by molar-refractivity contribution is -0.120.